The summed E-state index contributed by atoms with van der Waals surface area (Å²) < 4.78 is 1.44. The maximum atomic E-state index is 12.2. The lowest BCUT2D eigenvalue weighted by atomic mass is 10.2. The second kappa shape index (κ2) is 7.29. The fraction of sp³-hybridized carbons (Fsp3) is 0.421. The highest BCUT2D eigenvalue weighted by atomic mass is 16.1. The van der Waals surface area contributed by atoms with Gasteiger partial charge in [-0.15, -0.1) is 0 Å². The fourth-order valence-corrected chi connectivity index (χ4v) is 3.44. The van der Waals surface area contributed by atoms with Crippen molar-refractivity contribution in [2.75, 3.05) is 31.1 Å². The number of fused-ring (bicyclic) bond motifs is 1. The molecular weight excluding hydrogens is 328 g/mol. The summed E-state index contributed by atoms with van der Waals surface area (Å²) in [5.41, 5.74) is 1.99. The highest BCUT2D eigenvalue weighted by Gasteiger charge is 2.18. The van der Waals surface area contributed by atoms with E-state index in [0.29, 0.717) is 12.3 Å². The number of rotatable bonds is 5. The molecule has 0 atom stereocenters. The molecule has 0 bridgehead atoms. The number of hydrogen-bond acceptors (Lipinski definition) is 5. The predicted molar refractivity (Wildman–Crippen MR) is 102 cm³/mol. The highest BCUT2D eigenvalue weighted by Crippen LogP contribution is 2.16. The van der Waals surface area contributed by atoms with E-state index in [9.17, 15) is 4.79 Å². The second-order valence-corrected chi connectivity index (χ2v) is 6.74. The van der Waals surface area contributed by atoms with Gasteiger partial charge < -0.3 is 4.90 Å². The number of nitrogens with one attached hydrogen (secondary N) is 1. The molecule has 4 rings (SSSR count). The maximum absolute atomic E-state index is 12.2. The minimum atomic E-state index is -0.0916. The molecule has 3 heterocycles. The molecule has 1 aromatic carbocycles. The minimum absolute atomic E-state index is 0.0916. The van der Waals surface area contributed by atoms with Crippen molar-refractivity contribution in [3.05, 3.63) is 58.3 Å². The van der Waals surface area contributed by atoms with Crippen LogP contribution in [0.2, 0.25) is 0 Å². The minimum Gasteiger partial charge on any atom is -0.369 e. The summed E-state index contributed by atoms with van der Waals surface area (Å²) in [6, 6.07) is 12.1. The van der Waals surface area contributed by atoms with Crippen molar-refractivity contribution in [1.82, 2.24) is 24.5 Å². The number of benzene rings is 1. The Balaban J connectivity index is 1.43. The van der Waals surface area contributed by atoms with Crippen LogP contribution in [0.1, 0.15) is 24.9 Å². The summed E-state index contributed by atoms with van der Waals surface area (Å²) in [5.74, 6) is 1.26. The molecule has 7 heteroatoms. The molecule has 0 radical (unpaired) electrons. The van der Waals surface area contributed by atoms with Crippen LogP contribution in [-0.2, 0) is 13.0 Å². The molecule has 1 saturated heterocycles. The predicted octanol–water partition coefficient (Wildman–Crippen LogP) is 1.69. The van der Waals surface area contributed by atoms with Gasteiger partial charge in [-0.25, -0.2) is 4.98 Å². The van der Waals surface area contributed by atoms with E-state index in [-0.39, 0.29) is 5.56 Å². The summed E-state index contributed by atoms with van der Waals surface area (Å²) >= 11 is 0. The van der Waals surface area contributed by atoms with E-state index in [0.717, 1.165) is 50.5 Å². The zero-order chi connectivity index (χ0) is 17.9. The Labute approximate surface area is 152 Å². The normalized spacial score (nSPS) is 15.7. The van der Waals surface area contributed by atoms with Gasteiger partial charge in [-0.2, -0.15) is 9.50 Å². The quantitative estimate of drug-likeness (QED) is 0.757. The molecule has 0 saturated carbocycles. The van der Waals surface area contributed by atoms with Gasteiger partial charge in [-0.05, 0) is 18.6 Å². The number of nitrogens with zero attached hydrogens (tertiary/aromatic N) is 5. The zero-order valence-corrected chi connectivity index (χ0v) is 15.1. The number of aryl methyl sites for hydroxylation is 1. The van der Waals surface area contributed by atoms with Crippen LogP contribution in [0.4, 0.5) is 5.69 Å². The Hall–Kier alpha value is -2.67. The average molecular weight is 352 g/mol. The molecular formula is C19H24N6O. The van der Waals surface area contributed by atoms with Gasteiger partial charge in [0.1, 0.15) is 5.82 Å². The van der Waals surface area contributed by atoms with Crippen LogP contribution in [0.25, 0.3) is 5.78 Å². The lowest BCUT2D eigenvalue weighted by molar-refractivity contribution is 0.244. The molecule has 1 aliphatic rings. The average Bonchev–Trinajstić information content (AvgIpc) is 3.06. The van der Waals surface area contributed by atoms with E-state index < -0.39 is 0 Å². The molecule has 0 amide bonds. The molecule has 0 unspecified atom stereocenters. The first kappa shape index (κ1) is 16.8. The summed E-state index contributed by atoms with van der Waals surface area (Å²) in [6.45, 7) is 6.69. The van der Waals surface area contributed by atoms with E-state index in [2.05, 4.69) is 56.1 Å². The van der Waals surface area contributed by atoms with Crippen LogP contribution in [0.5, 0.6) is 0 Å². The van der Waals surface area contributed by atoms with Crippen LogP contribution >= 0.6 is 0 Å². The van der Waals surface area contributed by atoms with Crippen molar-refractivity contribution in [2.45, 2.75) is 26.3 Å². The largest absolute Gasteiger partial charge is 0.369 e. The molecule has 0 spiro atoms. The Morgan fingerprint density at radius 2 is 1.85 bits per heavy atom. The van der Waals surface area contributed by atoms with E-state index in [1.807, 2.05) is 6.07 Å². The summed E-state index contributed by atoms with van der Waals surface area (Å²) in [6.07, 6.45) is 1.76. The Kier molecular flexibility index (Phi) is 4.71. The molecule has 2 aromatic heterocycles. The Morgan fingerprint density at radius 1 is 1.08 bits per heavy atom. The molecule has 1 fully saturated rings. The smallest absolute Gasteiger partial charge is 0.274 e. The van der Waals surface area contributed by atoms with Crippen LogP contribution < -0.4 is 10.5 Å². The summed E-state index contributed by atoms with van der Waals surface area (Å²) in [5, 5.41) is 3.10. The first-order valence-electron chi connectivity index (χ1n) is 9.23. The monoisotopic (exact) mass is 352 g/mol. The maximum Gasteiger partial charge on any atom is 0.274 e. The number of piperazine rings is 1. The molecule has 7 nitrogen and oxygen atoms in total. The number of aromatic nitrogens is 4. The lowest BCUT2D eigenvalue weighted by Crippen LogP contribution is -2.46. The lowest BCUT2D eigenvalue weighted by Gasteiger charge is -2.35. The third kappa shape index (κ3) is 3.48. The SMILES string of the molecule is CCCc1cc(=O)n2[nH]c(CN3CCN(c4ccccc4)CC3)nc2n1. The van der Waals surface area contributed by atoms with Crippen LogP contribution in [0.15, 0.2) is 41.2 Å². The molecule has 136 valence electrons. The fourth-order valence-electron chi connectivity index (χ4n) is 3.44. The number of aromatic amines is 1. The van der Waals surface area contributed by atoms with Gasteiger partial charge in [-0.3, -0.25) is 14.8 Å². The van der Waals surface area contributed by atoms with Gasteiger partial charge in [0.15, 0.2) is 0 Å². The number of anilines is 1. The zero-order valence-electron chi connectivity index (χ0n) is 15.1. The molecule has 26 heavy (non-hydrogen) atoms. The van der Waals surface area contributed by atoms with E-state index in [4.69, 9.17) is 0 Å². The number of para-hydroxylation sites is 1. The summed E-state index contributed by atoms with van der Waals surface area (Å²) in [7, 11) is 0. The third-order valence-corrected chi connectivity index (χ3v) is 4.80. The van der Waals surface area contributed by atoms with E-state index in [1.165, 1.54) is 10.2 Å². The number of hydrogen-bond donors (Lipinski definition) is 1. The summed E-state index contributed by atoms with van der Waals surface area (Å²) in [4.78, 5) is 26.0. The molecule has 0 aliphatic carbocycles. The number of H-pyrrole nitrogens is 1. The van der Waals surface area contributed by atoms with Crippen molar-refractivity contribution in [3.8, 4) is 0 Å². The van der Waals surface area contributed by atoms with Crippen LogP contribution in [-0.4, -0.2) is 50.7 Å². The van der Waals surface area contributed by atoms with Crippen LogP contribution in [0, 0.1) is 0 Å². The van der Waals surface area contributed by atoms with Gasteiger partial charge in [0, 0.05) is 37.9 Å². The second-order valence-electron chi connectivity index (χ2n) is 6.74. The Bertz CT molecular complexity index is 924. The van der Waals surface area contributed by atoms with Gasteiger partial charge in [0.25, 0.3) is 11.3 Å². The standard InChI is InChI=1S/C19H24N6O/c1-2-6-15-13-18(26)25-19(20-15)21-17(22-25)14-23-9-11-24(12-10-23)16-7-4-3-5-8-16/h3-5,7-8,13H,2,6,9-12,14H2,1H3,(H,20,21,22). The third-order valence-electron chi connectivity index (χ3n) is 4.80. The molecule has 3 aromatic rings. The van der Waals surface area contributed by atoms with Gasteiger partial charge in [0.2, 0.25) is 0 Å². The Morgan fingerprint density at radius 3 is 2.58 bits per heavy atom. The van der Waals surface area contributed by atoms with Crippen LogP contribution in [0.3, 0.4) is 0 Å². The molecule has 1 N–H and O–H groups in total. The van der Waals surface area contributed by atoms with E-state index in [1.54, 1.807) is 6.07 Å². The first-order valence-corrected chi connectivity index (χ1v) is 9.23. The molecule has 1 aliphatic heterocycles. The van der Waals surface area contributed by atoms with Gasteiger partial charge in [-0.1, -0.05) is 31.5 Å². The van der Waals surface area contributed by atoms with Crippen molar-refractivity contribution in [2.24, 2.45) is 0 Å². The van der Waals surface area contributed by atoms with Crippen molar-refractivity contribution in [3.63, 3.8) is 0 Å². The van der Waals surface area contributed by atoms with Crippen molar-refractivity contribution < 1.29 is 0 Å². The van der Waals surface area contributed by atoms with Gasteiger partial charge in [0.05, 0.1) is 12.2 Å². The van der Waals surface area contributed by atoms with Crippen molar-refractivity contribution in [1.29, 1.82) is 0 Å². The highest BCUT2D eigenvalue weighted by molar-refractivity contribution is 5.46. The topological polar surface area (TPSA) is 69.5 Å². The van der Waals surface area contributed by atoms with Crippen molar-refractivity contribution >= 4 is 11.5 Å². The van der Waals surface area contributed by atoms with E-state index >= 15 is 0 Å². The van der Waals surface area contributed by atoms with Gasteiger partial charge >= 0.3 is 0 Å². The first-order chi connectivity index (χ1) is 12.7.